The summed E-state index contributed by atoms with van der Waals surface area (Å²) in [5, 5.41) is 12.7. The van der Waals surface area contributed by atoms with Gasteiger partial charge in [-0.2, -0.15) is 5.10 Å². The van der Waals surface area contributed by atoms with E-state index in [2.05, 4.69) is 92.4 Å². The largest absolute Gasteiger partial charge is 0.369 e. The number of nitrogens with zero attached hydrogens (tertiary/aromatic N) is 6. The number of aryl methyl sites for hydroxylation is 2. The molecule has 2 saturated heterocycles. The van der Waals surface area contributed by atoms with Gasteiger partial charge >= 0.3 is 0 Å². The van der Waals surface area contributed by atoms with Gasteiger partial charge in [0.1, 0.15) is 0 Å². The summed E-state index contributed by atoms with van der Waals surface area (Å²) in [5.74, 6) is 0.135. The first-order valence-electron chi connectivity index (χ1n) is 16.5. The molecule has 0 spiro atoms. The van der Waals surface area contributed by atoms with Crippen LogP contribution in [0.15, 0.2) is 48.5 Å². The number of para-hydroxylation sites is 1. The fourth-order valence-corrected chi connectivity index (χ4v) is 7.01. The van der Waals surface area contributed by atoms with Crippen molar-refractivity contribution in [3.8, 4) is 11.3 Å². The zero-order chi connectivity index (χ0) is 30.5. The predicted octanol–water partition coefficient (Wildman–Crippen LogP) is 2.76. The normalized spacial score (nSPS) is 18.8. The van der Waals surface area contributed by atoms with Gasteiger partial charge < -0.3 is 20.4 Å². The fourth-order valence-electron chi connectivity index (χ4n) is 7.01. The average molecular weight is 599 g/mol. The summed E-state index contributed by atoms with van der Waals surface area (Å²) >= 11 is 0. The Bertz CT molecular complexity index is 1390. The Hall–Kier alpha value is -3.24. The topological polar surface area (TPSA) is 71.9 Å². The molecule has 0 aliphatic carbocycles. The molecular formula is C35H50N8O. The van der Waals surface area contributed by atoms with Gasteiger partial charge in [-0.05, 0) is 25.5 Å². The quantitative estimate of drug-likeness (QED) is 0.372. The van der Waals surface area contributed by atoms with E-state index in [9.17, 15) is 4.79 Å². The number of benzene rings is 2. The Balaban J connectivity index is 1.19. The number of anilines is 1. The Labute approximate surface area is 263 Å². The zero-order valence-corrected chi connectivity index (χ0v) is 26.9. The van der Waals surface area contributed by atoms with Gasteiger partial charge in [0.15, 0.2) is 0 Å². The first kappa shape index (κ1) is 30.8. The molecule has 2 fully saturated rings. The van der Waals surface area contributed by atoms with E-state index >= 15 is 0 Å². The van der Waals surface area contributed by atoms with Gasteiger partial charge in [-0.3, -0.25) is 19.3 Å². The summed E-state index contributed by atoms with van der Waals surface area (Å²) in [6, 6.07) is 17.7. The van der Waals surface area contributed by atoms with Crippen LogP contribution in [-0.2, 0) is 24.3 Å². The Kier molecular flexibility index (Phi) is 9.96. The molecule has 3 aliphatic heterocycles. The van der Waals surface area contributed by atoms with E-state index in [0.717, 1.165) is 103 Å². The SMILES string of the molecule is CC(=O)N1CCc2c(c(-c3ccc(C)cc3)nn2CC(CN2CCN(c3ccccc3C)CC2)NCCN2CCNCC2)C1. The number of amides is 1. The lowest BCUT2D eigenvalue weighted by atomic mass is 10.00. The molecular weight excluding hydrogens is 548 g/mol. The maximum Gasteiger partial charge on any atom is 0.219 e. The summed E-state index contributed by atoms with van der Waals surface area (Å²) in [6.07, 6.45) is 0.844. The summed E-state index contributed by atoms with van der Waals surface area (Å²) in [6.45, 7) is 19.9. The fraction of sp³-hybridized carbons (Fsp3) is 0.543. The van der Waals surface area contributed by atoms with Crippen molar-refractivity contribution in [3.63, 3.8) is 0 Å². The highest BCUT2D eigenvalue weighted by molar-refractivity contribution is 5.74. The maximum absolute atomic E-state index is 12.4. The molecule has 6 rings (SSSR count). The van der Waals surface area contributed by atoms with Crippen molar-refractivity contribution >= 4 is 11.6 Å². The van der Waals surface area contributed by atoms with Gasteiger partial charge in [-0.1, -0.05) is 48.0 Å². The highest BCUT2D eigenvalue weighted by atomic mass is 16.2. The van der Waals surface area contributed by atoms with Crippen LogP contribution in [0.5, 0.6) is 0 Å². The second kappa shape index (κ2) is 14.2. The van der Waals surface area contributed by atoms with Gasteiger partial charge in [0.2, 0.25) is 5.91 Å². The number of fused-ring (bicyclic) bond motifs is 1. The lowest BCUT2D eigenvalue weighted by molar-refractivity contribution is -0.129. The molecule has 1 unspecified atom stereocenters. The van der Waals surface area contributed by atoms with E-state index in [1.807, 2.05) is 4.90 Å². The van der Waals surface area contributed by atoms with E-state index in [1.165, 1.54) is 28.1 Å². The molecule has 2 N–H and O–H groups in total. The third kappa shape index (κ3) is 7.34. The standard InChI is InChI=1S/C35H50N8O/c1-27-8-10-30(11-9-27)35-32-26-42(29(3)44)16-12-34(32)43(38-35)25-31(37-15-19-39-17-13-36-14-18-39)24-40-20-22-41(23-21-40)33-7-5-4-6-28(33)2/h4-11,31,36-37H,12-26H2,1-3H3. The molecule has 44 heavy (non-hydrogen) atoms. The third-order valence-electron chi connectivity index (χ3n) is 9.68. The summed E-state index contributed by atoms with van der Waals surface area (Å²) in [4.78, 5) is 22.0. The number of aromatic nitrogens is 2. The van der Waals surface area contributed by atoms with Crippen LogP contribution in [0.3, 0.4) is 0 Å². The van der Waals surface area contributed by atoms with Crippen LogP contribution in [0.25, 0.3) is 11.3 Å². The molecule has 9 heteroatoms. The number of carbonyl (C=O) groups is 1. The number of piperazine rings is 2. The van der Waals surface area contributed by atoms with Crippen molar-refractivity contribution in [2.24, 2.45) is 0 Å². The van der Waals surface area contributed by atoms with Gasteiger partial charge in [-0.25, -0.2) is 0 Å². The highest BCUT2D eigenvalue weighted by Gasteiger charge is 2.29. The van der Waals surface area contributed by atoms with E-state index in [4.69, 9.17) is 5.10 Å². The second-order valence-corrected chi connectivity index (χ2v) is 12.8. The lowest BCUT2D eigenvalue weighted by Gasteiger charge is -2.38. The Morgan fingerprint density at radius 1 is 0.909 bits per heavy atom. The van der Waals surface area contributed by atoms with Crippen LogP contribution in [0, 0.1) is 13.8 Å². The minimum atomic E-state index is 0.135. The molecule has 236 valence electrons. The molecule has 4 heterocycles. The number of rotatable bonds is 10. The van der Waals surface area contributed by atoms with Crippen molar-refractivity contribution in [3.05, 3.63) is 70.9 Å². The minimum absolute atomic E-state index is 0.135. The van der Waals surface area contributed by atoms with Gasteiger partial charge in [0.05, 0.1) is 12.2 Å². The van der Waals surface area contributed by atoms with Crippen molar-refractivity contribution in [2.45, 2.75) is 46.3 Å². The zero-order valence-electron chi connectivity index (χ0n) is 26.9. The number of hydrogen-bond acceptors (Lipinski definition) is 7. The summed E-state index contributed by atoms with van der Waals surface area (Å²) < 4.78 is 2.27. The van der Waals surface area contributed by atoms with Crippen molar-refractivity contribution < 1.29 is 4.79 Å². The Morgan fingerprint density at radius 2 is 1.66 bits per heavy atom. The first-order valence-corrected chi connectivity index (χ1v) is 16.5. The highest BCUT2D eigenvalue weighted by Crippen LogP contribution is 2.31. The second-order valence-electron chi connectivity index (χ2n) is 12.8. The molecule has 1 atom stereocenters. The van der Waals surface area contributed by atoms with E-state index < -0.39 is 0 Å². The molecule has 3 aromatic rings. The molecule has 1 amide bonds. The molecule has 9 nitrogen and oxygen atoms in total. The predicted molar refractivity (Wildman–Crippen MR) is 178 cm³/mol. The molecule has 2 aromatic carbocycles. The van der Waals surface area contributed by atoms with Gasteiger partial charge in [0.25, 0.3) is 0 Å². The van der Waals surface area contributed by atoms with Crippen molar-refractivity contribution in [1.29, 1.82) is 0 Å². The van der Waals surface area contributed by atoms with Crippen LogP contribution in [0.4, 0.5) is 5.69 Å². The average Bonchev–Trinajstić information content (AvgIpc) is 3.40. The first-order chi connectivity index (χ1) is 21.4. The van der Waals surface area contributed by atoms with Crippen LogP contribution in [0.2, 0.25) is 0 Å². The molecule has 0 radical (unpaired) electrons. The van der Waals surface area contributed by atoms with E-state index in [1.54, 1.807) is 6.92 Å². The van der Waals surface area contributed by atoms with Gasteiger partial charge in [0, 0.05) is 127 Å². The molecule has 3 aliphatic rings. The van der Waals surface area contributed by atoms with Crippen LogP contribution >= 0.6 is 0 Å². The Morgan fingerprint density at radius 3 is 2.39 bits per heavy atom. The monoisotopic (exact) mass is 598 g/mol. The summed E-state index contributed by atoms with van der Waals surface area (Å²) in [5.41, 5.74) is 8.61. The summed E-state index contributed by atoms with van der Waals surface area (Å²) in [7, 11) is 0. The van der Waals surface area contributed by atoms with Crippen molar-refractivity contribution in [2.75, 3.05) is 83.4 Å². The number of hydrogen-bond donors (Lipinski definition) is 2. The molecule has 1 aromatic heterocycles. The van der Waals surface area contributed by atoms with Crippen molar-refractivity contribution in [1.82, 2.24) is 35.1 Å². The van der Waals surface area contributed by atoms with Gasteiger partial charge in [-0.15, -0.1) is 0 Å². The number of carbonyl (C=O) groups excluding carboxylic acids is 1. The smallest absolute Gasteiger partial charge is 0.219 e. The van der Waals surface area contributed by atoms with Crippen LogP contribution in [0.1, 0.15) is 29.3 Å². The molecule has 0 saturated carbocycles. The van der Waals surface area contributed by atoms with Crippen LogP contribution in [-0.4, -0.2) is 115 Å². The maximum atomic E-state index is 12.4. The van der Waals surface area contributed by atoms with E-state index in [-0.39, 0.29) is 11.9 Å². The van der Waals surface area contributed by atoms with Crippen LogP contribution < -0.4 is 15.5 Å². The molecule has 0 bridgehead atoms. The lowest BCUT2D eigenvalue weighted by Crippen LogP contribution is -2.53. The third-order valence-corrected chi connectivity index (χ3v) is 9.68. The number of nitrogens with one attached hydrogen (secondary N) is 2. The minimum Gasteiger partial charge on any atom is -0.369 e. The van der Waals surface area contributed by atoms with E-state index in [0.29, 0.717) is 6.54 Å².